The molecule has 7 heteroatoms. The molecule has 0 saturated carbocycles. The van der Waals surface area contributed by atoms with Crippen LogP contribution in [-0.4, -0.2) is 30.9 Å². The van der Waals surface area contributed by atoms with Gasteiger partial charge in [0.1, 0.15) is 0 Å². The summed E-state index contributed by atoms with van der Waals surface area (Å²) in [6.45, 7) is 1.24. The van der Waals surface area contributed by atoms with Gasteiger partial charge in [-0.1, -0.05) is 23.2 Å². The molecule has 2 amide bonds. The predicted molar refractivity (Wildman–Crippen MR) is 74.5 cm³/mol. The molecule has 1 aromatic rings. The Morgan fingerprint density at radius 1 is 1.37 bits per heavy atom. The van der Waals surface area contributed by atoms with Crippen LogP contribution >= 0.6 is 23.2 Å². The molecule has 1 aliphatic heterocycles. The third-order valence-corrected chi connectivity index (χ3v) is 3.27. The fraction of sp³-hybridized carbons (Fsp3) is 0.333. The summed E-state index contributed by atoms with van der Waals surface area (Å²) in [5, 5.41) is 9.19. The van der Waals surface area contributed by atoms with Gasteiger partial charge in [0.2, 0.25) is 11.8 Å². The molecule has 0 bridgehead atoms. The van der Waals surface area contributed by atoms with E-state index in [4.69, 9.17) is 23.2 Å². The van der Waals surface area contributed by atoms with E-state index >= 15 is 0 Å². The highest BCUT2D eigenvalue weighted by Gasteiger charge is 2.24. The Morgan fingerprint density at radius 2 is 2.16 bits per heavy atom. The predicted octanol–water partition coefficient (Wildman–Crippen LogP) is 1.41. The van der Waals surface area contributed by atoms with E-state index in [-0.39, 0.29) is 18.2 Å². The Bertz CT molecular complexity index is 508. The van der Waals surface area contributed by atoms with Crippen LogP contribution in [0.4, 0.5) is 5.69 Å². The highest BCUT2D eigenvalue weighted by atomic mass is 35.5. The number of rotatable bonds is 3. The summed E-state index contributed by atoms with van der Waals surface area (Å²) in [5.41, 5.74) is 0.479. The molecular weight excluding hydrogens is 289 g/mol. The molecule has 1 unspecified atom stereocenters. The normalized spacial score (nSPS) is 18.8. The van der Waals surface area contributed by atoms with Gasteiger partial charge in [-0.3, -0.25) is 9.59 Å². The SMILES string of the molecule is O=C(CC1NCCNC1=O)Nc1ccc(Cl)cc1Cl. The summed E-state index contributed by atoms with van der Waals surface area (Å²) in [6.07, 6.45) is 0.0603. The van der Waals surface area contributed by atoms with Crippen LogP contribution in [0.25, 0.3) is 0 Å². The zero-order valence-electron chi connectivity index (χ0n) is 10.0. The Labute approximate surface area is 120 Å². The van der Waals surface area contributed by atoms with Crippen LogP contribution < -0.4 is 16.0 Å². The van der Waals surface area contributed by atoms with E-state index in [9.17, 15) is 9.59 Å². The third kappa shape index (κ3) is 3.83. The minimum atomic E-state index is -0.500. The van der Waals surface area contributed by atoms with Crippen LogP contribution in [0, 0.1) is 0 Å². The lowest BCUT2D eigenvalue weighted by molar-refractivity contribution is -0.127. The van der Waals surface area contributed by atoms with Crippen molar-refractivity contribution < 1.29 is 9.59 Å². The van der Waals surface area contributed by atoms with E-state index in [1.807, 2.05) is 0 Å². The van der Waals surface area contributed by atoms with E-state index < -0.39 is 6.04 Å². The van der Waals surface area contributed by atoms with Crippen LogP contribution in [0.1, 0.15) is 6.42 Å². The monoisotopic (exact) mass is 301 g/mol. The second kappa shape index (κ2) is 6.23. The maximum Gasteiger partial charge on any atom is 0.237 e. The topological polar surface area (TPSA) is 70.2 Å². The summed E-state index contributed by atoms with van der Waals surface area (Å²) in [7, 11) is 0. The number of hydrogen-bond acceptors (Lipinski definition) is 3. The smallest absolute Gasteiger partial charge is 0.237 e. The number of carbonyl (C=O) groups is 2. The first-order valence-corrected chi connectivity index (χ1v) is 6.58. The van der Waals surface area contributed by atoms with Crippen LogP contribution in [0.15, 0.2) is 18.2 Å². The molecule has 0 radical (unpaired) electrons. The summed E-state index contributed by atoms with van der Waals surface area (Å²) in [5.74, 6) is -0.442. The minimum Gasteiger partial charge on any atom is -0.353 e. The molecule has 1 fully saturated rings. The van der Waals surface area contributed by atoms with E-state index in [1.54, 1.807) is 18.2 Å². The van der Waals surface area contributed by atoms with Crippen LogP contribution in [0.3, 0.4) is 0 Å². The molecule has 102 valence electrons. The van der Waals surface area contributed by atoms with E-state index in [1.165, 1.54) is 0 Å². The number of piperazine rings is 1. The number of benzene rings is 1. The molecule has 0 spiro atoms. The van der Waals surface area contributed by atoms with Crippen molar-refractivity contribution in [3.05, 3.63) is 28.2 Å². The van der Waals surface area contributed by atoms with Gasteiger partial charge in [-0.25, -0.2) is 0 Å². The number of anilines is 1. The van der Waals surface area contributed by atoms with Crippen LogP contribution in [-0.2, 0) is 9.59 Å². The van der Waals surface area contributed by atoms with Gasteiger partial charge in [0.05, 0.1) is 23.2 Å². The first-order chi connectivity index (χ1) is 9.06. The Balaban J connectivity index is 1.95. The Kier molecular flexibility index (Phi) is 4.63. The largest absolute Gasteiger partial charge is 0.353 e. The summed E-state index contributed by atoms with van der Waals surface area (Å²) < 4.78 is 0. The molecule has 1 atom stereocenters. The Morgan fingerprint density at radius 3 is 2.84 bits per heavy atom. The lowest BCUT2D eigenvalue weighted by Gasteiger charge is -2.23. The quantitative estimate of drug-likeness (QED) is 0.790. The summed E-state index contributed by atoms with van der Waals surface area (Å²) in [4.78, 5) is 23.3. The number of hydrogen-bond donors (Lipinski definition) is 3. The molecule has 3 N–H and O–H groups in total. The molecule has 19 heavy (non-hydrogen) atoms. The fourth-order valence-corrected chi connectivity index (χ4v) is 2.25. The van der Waals surface area contributed by atoms with Gasteiger partial charge in [-0.15, -0.1) is 0 Å². The van der Waals surface area contributed by atoms with Crippen LogP contribution in [0.2, 0.25) is 10.0 Å². The number of halogens is 2. The van der Waals surface area contributed by atoms with E-state index in [0.717, 1.165) is 0 Å². The van der Waals surface area contributed by atoms with Gasteiger partial charge < -0.3 is 16.0 Å². The second-order valence-electron chi connectivity index (χ2n) is 4.17. The highest BCUT2D eigenvalue weighted by Crippen LogP contribution is 2.25. The maximum absolute atomic E-state index is 11.8. The van der Waals surface area contributed by atoms with Gasteiger partial charge in [0.25, 0.3) is 0 Å². The van der Waals surface area contributed by atoms with Crippen molar-refractivity contribution >= 4 is 40.7 Å². The standard InChI is InChI=1S/C12H13Cl2N3O2/c13-7-1-2-9(8(14)5-7)17-11(18)6-10-12(19)16-4-3-15-10/h1-2,5,10,15H,3-4,6H2,(H,16,19)(H,17,18). The van der Waals surface area contributed by atoms with E-state index in [0.29, 0.717) is 28.8 Å². The second-order valence-corrected chi connectivity index (χ2v) is 5.02. The fourth-order valence-electron chi connectivity index (χ4n) is 1.79. The number of nitrogens with one attached hydrogen (secondary N) is 3. The molecule has 1 saturated heterocycles. The van der Waals surface area contributed by atoms with Gasteiger partial charge in [-0.2, -0.15) is 0 Å². The number of carbonyl (C=O) groups excluding carboxylic acids is 2. The molecule has 5 nitrogen and oxygen atoms in total. The molecular formula is C12H13Cl2N3O2. The van der Waals surface area contributed by atoms with Crippen LogP contribution in [0.5, 0.6) is 0 Å². The molecule has 1 heterocycles. The van der Waals surface area contributed by atoms with E-state index in [2.05, 4.69) is 16.0 Å². The average Bonchev–Trinajstić information content (AvgIpc) is 2.36. The van der Waals surface area contributed by atoms with Crippen molar-refractivity contribution in [2.75, 3.05) is 18.4 Å². The van der Waals surface area contributed by atoms with Crippen molar-refractivity contribution in [2.45, 2.75) is 12.5 Å². The van der Waals surface area contributed by atoms with Gasteiger partial charge in [0, 0.05) is 18.1 Å². The zero-order chi connectivity index (χ0) is 13.8. The Hall–Kier alpha value is -1.30. The number of amides is 2. The first kappa shape index (κ1) is 14.1. The summed E-state index contributed by atoms with van der Waals surface area (Å²) in [6, 6.07) is 4.30. The van der Waals surface area contributed by atoms with Crippen molar-refractivity contribution in [3.63, 3.8) is 0 Å². The summed E-state index contributed by atoms with van der Waals surface area (Å²) >= 11 is 11.7. The molecule has 0 aromatic heterocycles. The first-order valence-electron chi connectivity index (χ1n) is 5.82. The lowest BCUT2D eigenvalue weighted by atomic mass is 10.1. The molecule has 1 aliphatic rings. The van der Waals surface area contributed by atoms with Crippen molar-refractivity contribution in [1.29, 1.82) is 0 Å². The molecule has 0 aliphatic carbocycles. The van der Waals surface area contributed by atoms with Crippen molar-refractivity contribution in [1.82, 2.24) is 10.6 Å². The van der Waals surface area contributed by atoms with Gasteiger partial charge >= 0.3 is 0 Å². The van der Waals surface area contributed by atoms with Crippen molar-refractivity contribution in [2.24, 2.45) is 0 Å². The highest BCUT2D eigenvalue weighted by molar-refractivity contribution is 6.36. The lowest BCUT2D eigenvalue weighted by Crippen LogP contribution is -2.53. The maximum atomic E-state index is 11.8. The molecule has 1 aromatic carbocycles. The van der Waals surface area contributed by atoms with Gasteiger partial charge in [0.15, 0.2) is 0 Å². The third-order valence-electron chi connectivity index (χ3n) is 2.73. The van der Waals surface area contributed by atoms with Gasteiger partial charge in [-0.05, 0) is 18.2 Å². The average molecular weight is 302 g/mol. The minimum absolute atomic E-state index is 0.0603. The van der Waals surface area contributed by atoms with Crippen molar-refractivity contribution in [3.8, 4) is 0 Å². The molecule has 2 rings (SSSR count). The zero-order valence-corrected chi connectivity index (χ0v) is 11.5.